The summed E-state index contributed by atoms with van der Waals surface area (Å²) in [5.74, 6) is -0.190. The summed E-state index contributed by atoms with van der Waals surface area (Å²) < 4.78 is 6.51. The number of nitrogens with one attached hydrogen (secondary N) is 1. The zero-order valence-corrected chi connectivity index (χ0v) is 7.27. The number of hydrogen-bond acceptors (Lipinski definition) is 3. The Morgan fingerprint density at radius 3 is 2.77 bits per heavy atom. The molecule has 0 spiro atoms. The molecule has 3 N–H and O–H groups in total. The van der Waals surface area contributed by atoms with E-state index < -0.39 is 0 Å². The molecule has 1 rings (SSSR count). The van der Waals surface area contributed by atoms with Crippen molar-refractivity contribution >= 4 is 5.91 Å². The third kappa shape index (κ3) is 3.73. The highest BCUT2D eigenvalue weighted by Crippen LogP contribution is 1.85. The Bertz CT molecular complexity index is 246. The molecular weight excluding hydrogens is 170 g/mol. The number of nitrogens with zero attached hydrogens (tertiary/aromatic N) is 1. The third-order valence-electron chi connectivity index (χ3n) is 1.35. The van der Waals surface area contributed by atoms with E-state index in [0.717, 1.165) is 0 Å². The molecule has 5 heteroatoms. The molecule has 0 aliphatic heterocycles. The third-order valence-corrected chi connectivity index (χ3v) is 1.35. The van der Waals surface area contributed by atoms with Gasteiger partial charge in [-0.3, -0.25) is 14.9 Å². The van der Waals surface area contributed by atoms with E-state index in [1.165, 1.54) is 0 Å². The highest BCUT2D eigenvalue weighted by molar-refractivity contribution is 5.84. The zero-order valence-electron chi connectivity index (χ0n) is 7.27. The first-order valence-electron chi connectivity index (χ1n) is 4.03. The second-order valence-corrected chi connectivity index (χ2v) is 2.47. The summed E-state index contributed by atoms with van der Waals surface area (Å²) in [7, 11) is 0. The van der Waals surface area contributed by atoms with Crippen molar-refractivity contribution in [3.8, 4) is 0 Å². The molecule has 0 saturated carbocycles. The van der Waals surface area contributed by atoms with Gasteiger partial charge in [-0.25, -0.2) is 0 Å². The SMILES string of the molecule is NCCOCC(=O)Nn1cccc1. The number of ether oxygens (including phenoxy) is 1. The first-order chi connectivity index (χ1) is 6.33. The molecule has 0 bridgehead atoms. The van der Waals surface area contributed by atoms with E-state index in [1.807, 2.05) is 12.1 Å². The fraction of sp³-hybridized carbons (Fsp3) is 0.375. The first kappa shape index (κ1) is 9.76. The summed E-state index contributed by atoms with van der Waals surface area (Å²) in [6.45, 7) is 0.866. The van der Waals surface area contributed by atoms with Crippen LogP contribution in [-0.4, -0.2) is 30.3 Å². The van der Waals surface area contributed by atoms with Gasteiger partial charge in [-0.1, -0.05) is 0 Å². The predicted octanol–water partition coefficient (Wildman–Crippen LogP) is -0.466. The highest BCUT2D eigenvalue weighted by atomic mass is 16.5. The molecule has 13 heavy (non-hydrogen) atoms. The molecule has 0 saturated heterocycles. The molecule has 0 atom stereocenters. The van der Waals surface area contributed by atoms with Gasteiger partial charge in [-0.15, -0.1) is 0 Å². The van der Waals surface area contributed by atoms with Gasteiger partial charge in [-0.05, 0) is 12.1 Å². The Labute approximate surface area is 76.4 Å². The van der Waals surface area contributed by atoms with Gasteiger partial charge in [0.25, 0.3) is 5.91 Å². The lowest BCUT2D eigenvalue weighted by molar-refractivity contribution is -0.121. The standard InChI is InChI=1S/C8H13N3O2/c9-3-6-13-7-8(12)10-11-4-1-2-5-11/h1-2,4-5H,3,6-7,9H2,(H,10,12). The Kier molecular flexibility index (Phi) is 4.01. The van der Waals surface area contributed by atoms with Crippen LogP contribution < -0.4 is 11.2 Å². The highest BCUT2D eigenvalue weighted by Gasteiger charge is 1.99. The van der Waals surface area contributed by atoms with Gasteiger partial charge in [-0.2, -0.15) is 0 Å². The number of carbonyl (C=O) groups is 1. The molecule has 0 aromatic carbocycles. The second-order valence-electron chi connectivity index (χ2n) is 2.47. The number of hydrogen-bond donors (Lipinski definition) is 2. The molecule has 1 aromatic heterocycles. The van der Waals surface area contributed by atoms with Gasteiger partial charge < -0.3 is 10.5 Å². The van der Waals surface area contributed by atoms with Crippen molar-refractivity contribution in [3.63, 3.8) is 0 Å². The van der Waals surface area contributed by atoms with Crippen molar-refractivity contribution in [1.29, 1.82) is 0 Å². The molecule has 0 unspecified atom stereocenters. The van der Waals surface area contributed by atoms with Gasteiger partial charge in [0.2, 0.25) is 0 Å². The molecule has 1 heterocycles. The van der Waals surface area contributed by atoms with Crippen LogP contribution in [0, 0.1) is 0 Å². The van der Waals surface area contributed by atoms with E-state index in [-0.39, 0.29) is 12.5 Å². The van der Waals surface area contributed by atoms with E-state index in [4.69, 9.17) is 10.5 Å². The van der Waals surface area contributed by atoms with E-state index >= 15 is 0 Å². The number of nitrogens with two attached hydrogens (primary N) is 1. The summed E-state index contributed by atoms with van der Waals surface area (Å²) in [5.41, 5.74) is 7.78. The van der Waals surface area contributed by atoms with Crippen LogP contribution in [0.15, 0.2) is 24.5 Å². The molecule has 1 aromatic rings. The van der Waals surface area contributed by atoms with Crippen LogP contribution in [0.2, 0.25) is 0 Å². The molecule has 0 aliphatic carbocycles. The summed E-state index contributed by atoms with van der Waals surface area (Å²) in [6.07, 6.45) is 3.47. The van der Waals surface area contributed by atoms with Crippen molar-refractivity contribution in [2.45, 2.75) is 0 Å². The summed E-state index contributed by atoms with van der Waals surface area (Å²) in [5, 5.41) is 0. The van der Waals surface area contributed by atoms with Crippen LogP contribution in [-0.2, 0) is 9.53 Å². The van der Waals surface area contributed by atoms with Gasteiger partial charge in [0.15, 0.2) is 0 Å². The minimum atomic E-state index is -0.190. The molecule has 5 nitrogen and oxygen atoms in total. The Morgan fingerprint density at radius 2 is 2.15 bits per heavy atom. The minimum Gasteiger partial charge on any atom is -0.370 e. The van der Waals surface area contributed by atoms with Crippen LogP contribution in [0.25, 0.3) is 0 Å². The van der Waals surface area contributed by atoms with E-state index in [1.54, 1.807) is 17.1 Å². The Morgan fingerprint density at radius 1 is 1.46 bits per heavy atom. The van der Waals surface area contributed by atoms with Gasteiger partial charge in [0.05, 0.1) is 6.61 Å². The van der Waals surface area contributed by atoms with Crippen molar-refractivity contribution in [3.05, 3.63) is 24.5 Å². The van der Waals surface area contributed by atoms with Crippen molar-refractivity contribution in [2.75, 3.05) is 25.2 Å². The maximum atomic E-state index is 11.1. The number of amides is 1. The van der Waals surface area contributed by atoms with E-state index in [2.05, 4.69) is 5.43 Å². The minimum absolute atomic E-state index is 0.0371. The van der Waals surface area contributed by atoms with Crippen LogP contribution >= 0.6 is 0 Å². The van der Waals surface area contributed by atoms with Crippen LogP contribution in [0.5, 0.6) is 0 Å². The average molecular weight is 183 g/mol. The van der Waals surface area contributed by atoms with Crippen molar-refractivity contribution < 1.29 is 9.53 Å². The quantitative estimate of drug-likeness (QED) is 0.606. The van der Waals surface area contributed by atoms with Crippen molar-refractivity contribution in [1.82, 2.24) is 4.68 Å². The maximum Gasteiger partial charge on any atom is 0.264 e. The lowest BCUT2D eigenvalue weighted by Gasteiger charge is -2.05. The van der Waals surface area contributed by atoms with E-state index in [0.29, 0.717) is 13.2 Å². The maximum absolute atomic E-state index is 11.1. The summed E-state index contributed by atoms with van der Waals surface area (Å²) in [4.78, 5) is 11.1. The average Bonchev–Trinajstić information content (AvgIpc) is 2.57. The van der Waals surface area contributed by atoms with Crippen LogP contribution in [0.3, 0.4) is 0 Å². The largest absolute Gasteiger partial charge is 0.370 e. The second kappa shape index (κ2) is 5.34. The topological polar surface area (TPSA) is 69.3 Å². The Hall–Kier alpha value is -1.33. The molecule has 0 fully saturated rings. The zero-order chi connectivity index (χ0) is 9.52. The smallest absolute Gasteiger partial charge is 0.264 e. The predicted molar refractivity (Wildman–Crippen MR) is 48.7 cm³/mol. The van der Waals surface area contributed by atoms with Crippen LogP contribution in [0.1, 0.15) is 0 Å². The van der Waals surface area contributed by atoms with Crippen molar-refractivity contribution in [2.24, 2.45) is 5.73 Å². The van der Waals surface area contributed by atoms with Gasteiger partial charge in [0, 0.05) is 18.9 Å². The monoisotopic (exact) mass is 183 g/mol. The number of rotatable bonds is 5. The molecule has 72 valence electrons. The normalized spacial score (nSPS) is 9.92. The lowest BCUT2D eigenvalue weighted by Crippen LogP contribution is -2.26. The van der Waals surface area contributed by atoms with Gasteiger partial charge >= 0.3 is 0 Å². The fourth-order valence-corrected chi connectivity index (χ4v) is 0.834. The lowest BCUT2D eigenvalue weighted by atomic mass is 10.6. The van der Waals surface area contributed by atoms with Crippen LogP contribution in [0.4, 0.5) is 0 Å². The summed E-state index contributed by atoms with van der Waals surface area (Å²) in [6, 6.07) is 3.64. The Balaban J connectivity index is 2.18. The number of aromatic nitrogens is 1. The van der Waals surface area contributed by atoms with Gasteiger partial charge in [0.1, 0.15) is 6.61 Å². The molecule has 1 amide bonds. The first-order valence-corrected chi connectivity index (χ1v) is 4.03. The molecular formula is C8H13N3O2. The fourth-order valence-electron chi connectivity index (χ4n) is 0.834. The van der Waals surface area contributed by atoms with E-state index in [9.17, 15) is 4.79 Å². The molecule has 0 aliphatic rings. The molecule has 0 radical (unpaired) electrons. The number of carbonyl (C=O) groups excluding carboxylic acids is 1. The summed E-state index contributed by atoms with van der Waals surface area (Å²) >= 11 is 0.